The van der Waals surface area contributed by atoms with E-state index in [-0.39, 0.29) is 0 Å². The molecule has 0 radical (unpaired) electrons. The van der Waals surface area contributed by atoms with Crippen LogP contribution in [0.5, 0.6) is 0 Å². The summed E-state index contributed by atoms with van der Waals surface area (Å²) in [7, 11) is -15.7. The molecule has 0 saturated carbocycles. The van der Waals surface area contributed by atoms with Crippen molar-refractivity contribution in [2.24, 2.45) is 0 Å². The van der Waals surface area contributed by atoms with E-state index in [2.05, 4.69) is 8.37 Å². The number of hydrogen-bond donors (Lipinski definition) is 8. The Hall–Kier alpha value is -1.58. The third-order valence-corrected chi connectivity index (χ3v) is 5.73. The second-order valence-electron chi connectivity index (χ2n) is 6.79. The minimum atomic E-state index is -5.36. The maximum Gasteiger partial charge on any atom is 0.397 e. The zero-order chi connectivity index (χ0) is 26.9. The molecule has 2 aliphatic heterocycles. The molecule has 0 aliphatic carbocycles. The maximum atomic E-state index is 11.2. The van der Waals surface area contributed by atoms with Crippen LogP contribution in [-0.2, 0) is 58.5 Å². The molecule has 20 nitrogen and oxygen atoms in total. The van der Waals surface area contributed by atoms with Crippen molar-refractivity contribution in [1.29, 1.82) is 0 Å². The lowest BCUT2D eigenvalue weighted by Crippen LogP contribution is -2.66. The van der Waals surface area contributed by atoms with Crippen LogP contribution in [-0.4, -0.2) is 121 Å². The van der Waals surface area contributed by atoms with Crippen molar-refractivity contribution < 1.29 is 86.7 Å². The van der Waals surface area contributed by atoms with Crippen LogP contribution in [0.25, 0.3) is 0 Å². The topological polar surface area (TPSA) is 319 Å². The summed E-state index contributed by atoms with van der Waals surface area (Å²) in [6, 6.07) is -2.15. The van der Waals surface area contributed by atoms with Gasteiger partial charge in [0, 0.05) is 0 Å². The smallest absolute Gasteiger partial charge is 0.397 e. The van der Waals surface area contributed by atoms with Gasteiger partial charge in [-0.1, -0.05) is 0 Å². The number of aliphatic carboxylic acids is 1. The van der Waals surface area contributed by atoms with E-state index >= 15 is 0 Å². The van der Waals surface area contributed by atoms with E-state index in [0.717, 1.165) is 0 Å². The molecule has 1 saturated heterocycles. The fraction of sp³-hybridized carbons (Fsp3) is 0.750. The van der Waals surface area contributed by atoms with Crippen LogP contribution in [0.4, 0.5) is 0 Å². The molecule has 2 rings (SSSR count). The Labute approximate surface area is 196 Å². The monoisotopic (exact) mass is 577 g/mol. The molecule has 0 aromatic heterocycles. The van der Waals surface area contributed by atoms with Gasteiger partial charge in [-0.25, -0.2) is 13.2 Å². The second kappa shape index (κ2) is 10.8. The largest absolute Gasteiger partial charge is 0.475 e. The molecule has 0 aromatic carbocycles. The Morgan fingerprint density at radius 3 is 2.09 bits per heavy atom. The zero-order valence-corrected chi connectivity index (χ0v) is 19.1. The van der Waals surface area contributed by atoms with Crippen LogP contribution in [0, 0.1) is 0 Å². The van der Waals surface area contributed by atoms with E-state index in [9.17, 15) is 45.4 Å². The van der Waals surface area contributed by atoms with Crippen LogP contribution in [0.3, 0.4) is 0 Å². The van der Waals surface area contributed by atoms with E-state index in [1.54, 1.807) is 0 Å². The molecule has 8 N–H and O–H groups in total. The highest BCUT2D eigenvalue weighted by Crippen LogP contribution is 2.30. The van der Waals surface area contributed by atoms with Crippen molar-refractivity contribution in [2.75, 3.05) is 6.61 Å². The van der Waals surface area contributed by atoms with E-state index < -0.39 is 98.6 Å². The summed E-state index contributed by atoms with van der Waals surface area (Å²) < 4.78 is 117. The predicted octanol–water partition coefficient (Wildman–Crippen LogP) is -5.10. The van der Waals surface area contributed by atoms with E-state index in [4.69, 9.17) is 33.0 Å². The molecule has 0 unspecified atom stereocenters. The summed E-state index contributed by atoms with van der Waals surface area (Å²) in [4.78, 5) is 11.2. The van der Waals surface area contributed by atoms with Gasteiger partial charge in [-0.2, -0.15) is 30.0 Å². The summed E-state index contributed by atoms with van der Waals surface area (Å²) in [5, 5.41) is 39.6. The highest BCUT2D eigenvalue weighted by atomic mass is 32.3. The van der Waals surface area contributed by atoms with Gasteiger partial charge >= 0.3 is 37.1 Å². The van der Waals surface area contributed by atoms with E-state index in [0.29, 0.717) is 6.08 Å². The third kappa shape index (κ3) is 8.79. The minimum absolute atomic E-state index is 0.442. The maximum absolute atomic E-state index is 11.2. The summed E-state index contributed by atoms with van der Waals surface area (Å²) in [5.74, 6) is -2.88. The average Bonchev–Trinajstić information content (AvgIpc) is 2.65. The molecule has 2 aliphatic rings. The lowest BCUT2D eigenvalue weighted by molar-refractivity contribution is -0.303. The molecule has 0 spiro atoms. The Bertz CT molecular complexity index is 1130. The van der Waals surface area contributed by atoms with Crippen LogP contribution in [0.15, 0.2) is 11.8 Å². The van der Waals surface area contributed by atoms with Crippen molar-refractivity contribution in [3.8, 4) is 0 Å². The number of carboxylic acid groups (broad SMARTS) is 1. The van der Waals surface area contributed by atoms with Gasteiger partial charge in [0.15, 0.2) is 12.4 Å². The quantitative estimate of drug-likeness (QED) is 0.112. The van der Waals surface area contributed by atoms with E-state index in [1.165, 1.54) is 4.72 Å². The zero-order valence-electron chi connectivity index (χ0n) is 16.7. The van der Waals surface area contributed by atoms with Gasteiger partial charge in [-0.3, -0.25) is 13.7 Å². The van der Waals surface area contributed by atoms with E-state index in [1.807, 2.05) is 0 Å². The molecule has 0 bridgehead atoms. The number of carbonyl (C=O) groups is 1. The molecule has 1 fully saturated rings. The molecular weight excluding hydrogens is 558 g/mol. The van der Waals surface area contributed by atoms with Crippen LogP contribution >= 0.6 is 0 Å². The average molecular weight is 577 g/mol. The molecule has 23 heteroatoms. The normalized spacial score (nSPS) is 34.6. The molecule has 204 valence electrons. The summed E-state index contributed by atoms with van der Waals surface area (Å²) in [6.45, 7) is -1.25. The van der Waals surface area contributed by atoms with Crippen molar-refractivity contribution in [1.82, 2.24) is 4.72 Å². The van der Waals surface area contributed by atoms with Crippen molar-refractivity contribution in [3.05, 3.63) is 11.8 Å². The third-order valence-electron chi connectivity index (χ3n) is 4.26. The number of ether oxygens (including phenoxy) is 3. The fourth-order valence-corrected chi connectivity index (χ4v) is 4.35. The second-order valence-corrected chi connectivity index (χ2v) is 10.1. The predicted molar refractivity (Wildman–Crippen MR) is 101 cm³/mol. The lowest BCUT2D eigenvalue weighted by Gasteiger charge is -2.44. The Balaban J connectivity index is 2.44. The number of rotatable bonds is 10. The van der Waals surface area contributed by atoms with Crippen LogP contribution < -0.4 is 4.72 Å². The Kier molecular flexibility index (Phi) is 9.15. The number of hydrogen-bond acceptors (Lipinski definition) is 15. The fourth-order valence-electron chi connectivity index (χ4n) is 2.96. The van der Waals surface area contributed by atoms with Gasteiger partial charge in [0.1, 0.15) is 30.5 Å². The first-order chi connectivity index (χ1) is 15.8. The molecule has 35 heavy (non-hydrogen) atoms. The molecule has 8 atom stereocenters. The highest BCUT2D eigenvalue weighted by molar-refractivity contribution is 7.83. The summed E-state index contributed by atoms with van der Waals surface area (Å²) in [5.41, 5.74) is 0. The van der Waals surface area contributed by atoms with Crippen LogP contribution in [0.2, 0.25) is 0 Å². The molecular formula is C12H19NO19S3. The van der Waals surface area contributed by atoms with Gasteiger partial charge < -0.3 is 34.6 Å². The number of aliphatic hydroxyl groups excluding tert-OH is 3. The van der Waals surface area contributed by atoms with Crippen LogP contribution in [0.1, 0.15) is 0 Å². The standard InChI is InChI=1S/C12H19NO19S3/c14-3-1-4(10(16)17)30-12(8(3)32-35(25,26)27)31-9-5(2-28-34(22,23)24)29-11(18)6(7(9)15)13-33(19,20)21/h1,3,5-9,11-15,18H,2H2,(H,16,17)(H,19,20,21)(H,22,23,24)(H,25,26,27)/t3-,5+,6+,7+,8+,9+,11+,12-/m0/s1. The van der Waals surface area contributed by atoms with Gasteiger partial charge in [-0.05, 0) is 6.08 Å². The van der Waals surface area contributed by atoms with Gasteiger partial charge in [0.2, 0.25) is 12.0 Å². The first kappa shape index (κ1) is 29.6. The highest BCUT2D eigenvalue weighted by Gasteiger charge is 2.51. The van der Waals surface area contributed by atoms with Gasteiger partial charge in [0.25, 0.3) is 0 Å². The lowest BCUT2D eigenvalue weighted by atomic mass is 9.97. The number of carboxylic acids is 1. The minimum Gasteiger partial charge on any atom is -0.475 e. The first-order valence-electron chi connectivity index (χ1n) is 8.76. The molecule has 0 aromatic rings. The van der Waals surface area contributed by atoms with Gasteiger partial charge in [-0.15, -0.1) is 0 Å². The Morgan fingerprint density at radius 2 is 1.60 bits per heavy atom. The van der Waals surface area contributed by atoms with Crippen molar-refractivity contribution >= 4 is 37.1 Å². The first-order valence-corrected chi connectivity index (χ1v) is 12.9. The summed E-state index contributed by atoms with van der Waals surface area (Å²) >= 11 is 0. The van der Waals surface area contributed by atoms with Crippen molar-refractivity contribution in [3.63, 3.8) is 0 Å². The number of nitrogens with one attached hydrogen (secondary N) is 1. The summed E-state index contributed by atoms with van der Waals surface area (Å²) in [6.07, 6.45) is -15.1. The molecule has 0 amide bonds. The van der Waals surface area contributed by atoms with Gasteiger partial charge in [0.05, 0.1) is 6.61 Å². The number of aliphatic hydroxyl groups is 3. The SMILES string of the molecule is O=C(O)C1=C[C@H](O)[C@@H](OS(=O)(=O)O)[C@H](O[C@H]2[C@H](O)[C@@H](NS(=O)(=O)O)[C@H](O)O[C@@H]2COS(=O)(=O)O)O1. The Morgan fingerprint density at radius 1 is 1.00 bits per heavy atom. The van der Waals surface area contributed by atoms with Crippen molar-refractivity contribution in [2.45, 2.75) is 49.1 Å². The molecule has 2 heterocycles.